The minimum atomic E-state index is 0.381. The lowest BCUT2D eigenvalue weighted by Crippen LogP contribution is -2.22. The van der Waals surface area contributed by atoms with Gasteiger partial charge < -0.3 is 5.32 Å². The molecule has 1 N–H and O–H groups in total. The highest BCUT2D eigenvalue weighted by Gasteiger charge is 2.15. The monoisotopic (exact) mass is 243 g/mol. The molecule has 0 fully saturated rings. The van der Waals surface area contributed by atoms with Gasteiger partial charge in [-0.25, -0.2) is 4.98 Å². The number of fused-ring (bicyclic) bond motifs is 1. The molecule has 0 saturated heterocycles. The Morgan fingerprint density at radius 2 is 2.28 bits per heavy atom. The smallest absolute Gasteiger partial charge is 0.254 e. The Bertz CT molecular complexity index is 599. The van der Waals surface area contributed by atoms with Crippen molar-refractivity contribution in [3.63, 3.8) is 0 Å². The summed E-state index contributed by atoms with van der Waals surface area (Å²) in [6.07, 6.45) is 9.60. The number of rotatable bonds is 2. The molecule has 1 aliphatic carbocycles. The molecule has 5 nitrogen and oxygen atoms in total. The van der Waals surface area contributed by atoms with Gasteiger partial charge in [0.05, 0.1) is 0 Å². The van der Waals surface area contributed by atoms with Crippen molar-refractivity contribution in [3.8, 4) is 0 Å². The Kier molecular flexibility index (Phi) is 2.74. The summed E-state index contributed by atoms with van der Waals surface area (Å²) in [4.78, 5) is 8.58. The van der Waals surface area contributed by atoms with E-state index in [1.165, 1.54) is 12.8 Å². The Morgan fingerprint density at radius 1 is 1.39 bits per heavy atom. The number of nitrogens with zero attached hydrogens (tertiary/aromatic N) is 4. The lowest BCUT2D eigenvalue weighted by Gasteiger charge is -2.21. The van der Waals surface area contributed by atoms with E-state index < -0.39 is 0 Å². The van der Waals surface area contributed by atoms with E-state index in [-0.39, 0.29) is 0 Å². The van der Waals surface area contributed by atoms with Crippen molar-refractivity contribution in [1.29, 1.82) is 0 Å². The average molecular weight is 243 g/mol. The first-order valence-electron chi connectivity index (χ1n) is 6.36. The molecule has 0 radical (unpaired) electrons. The summed E-state index contributed by atoms with van der Waals surface area (Å²) < 4.78 is 1.78. The van der Waals surface area contributed by atoms with Crippen LogP contribution in [0.15, 0.2) is 18.5 Å². The molecule has 18 heavy (non-hydrogen) atoms. The van der Waals surface area contributed by atoms with Crippen LogP contribution in [0.1, 0.15) is 30.5 Å². The number of hydrogen-bond acceptors (Lipinski definition) is 4. The quantitative estimate of drug-likeness (QED) is 0.822. The molecule has 1 aliphatic rings. The maximum Gasteiger partial charge on any atom is 0.254 e. The van der Waals surface area contributed by atoms with Gasteiger partial charge in [0.25, 0.3) is 5.78 Å². The van der Waals surface area contributed by atoms with Gasteiger partial charge in [-0.05, 0) is 33.1 Å². The summed E-state index contributed by atoms with van der Waals surface area (Å²) >= 11 is 0. The highest BCUT2D eigenvalue weighted by molar-refractivity contribution is 5.52. The predicted octanol–water partition coefficient (Wildman–Crippen LogP) is 2.26. The topological polar surface area (TPSA) is 55.1 Å². The second-order valence-electron chi connectivity index (χ2n) is 4.75. The SMILES string of the molecule is Cc1nc2ncnn2c(NC2C=CCCC2)c1C. The standard InChI is InChI=1S/C13H17N5/c1-9-10(2)16-13-14-8-15-18(13)12(9)17-11-6-4-3-5-7-11/h4,6,8,11,17H,3,5,7H2,1-2H3. The predicted molar refractivity (Wildman–Crippen MR) is 70.7 cm³/mol. The molecule has 2 aromatic heterocycles. The van der Waals surface area contributed by atoms with Crippen LogP contribution >= 0.6 is 0 Å². The number of hydrogen-bond donors (Lipinski definition) is 1. The second kappa shape index (κ2) is 4.40. The van der Waals surface area contributed by atoms with Crippen molar-refractivity contribution in [2.45, 2.75) is 39.2 Å². The molecule has 0 aromatic carbocycles. The lowest BCUT2D eigenvalue weighted by atomic mass is 10.0. The van der Waals surface area contributed by atoms with Crippen LogP contribution < -0.4 is 5.32 Å². The summed E-state index contributed by atoms with van der Waals surface area (Å²) in [7, 11) is 0. The summed E-state index contributed by atoms with van der Waals surface area (Å²) in [5.74, 6) is 1.66. The molecule has 0 aliphatic heterocycles. The van der Waals surface area contributed by atoms with Crippen LogP contribution in [0.3, 0.4) is 0 Å². The third kappa shape index (κ3) is 1.85. The molecule has 1 atom stereocenters. The molecule has 1 unspecified atom stereocenters. The molecule has 2 aromatic rings. The van der Waals surface area contributed by atoms with Crippen molar-refractivity contribution >= 4 is 11.6 Å². The number of anilines is 1. The minimum absolute atomic E-state index is 0.381. The molecule has 3 rings (SSSR count). The third-order valence-electron chi connectivity index (χ3n) is 3.48. The highest BCUT2D eigenvalue weighted by Crippen LogP contribution is 2.21. The maximum atomic E-state index is 4.42. The summed E-state index contributed by atoms with van der Waals surface area (Å²) in [5, 5.41) is 7.80. The molecule has 0 saturated carbocycles. The van der Waals surface area contributed by atoms with Gasteiger partial charge in [-0.3, -0.25) is 0 Å². The van der Waals surface area contributed by atoms with Gasteiger partial charge in [0, 0.05) is 17.3 Å². The van der Waals surface area contributed by atoms with Crippen LogP contribution in [0, 0.1) is 13.8 Å². The second-order valence-corrected chi connectivity index (χ2v) is 4.75. The fraction of sp³-hybridized carbons (Fsp3) is 0.462. The molecular weight excluding hydrogens is 226 g/mol. The first-order chi connectivity index (χ1) is 8.75. The van der Waals surface area contributed by atoms with Crippen LogP contribution in [0.2, 0.25) is 0 Å². The zero-order valence-corrected chi connectivity index (χ0v) is 10.7. The Morgan fingerprint density at radius 3 is 3.06 bits per heavy atom. The fourth-order valence-electron chi connectivity index (χ4n) is 2.31. The van der Waals surface area contributed by atoms with Gasteiger partial charge in [-0.15, -0.1) is 0 Å². The normalized spacial score (nSPS) is 19.3. The van der Waals surface area contributed by atoms with Crippen molar-refractivity contribution < 1.29 is 0 Å². The van der Waals surface area contributed by atoms with E-state index in [4.69, 9.17) is 0 Å². The minimum Gasteiger partial charge on any atom is -0.363 e. The molecule has 5 heteroatoms. The van der Waals surface area contributed by atoms with Crippen LogP contribution in [0.5, 0.6) is 0 Å². The van der Waals surface area contributed by atoms with Crippen molar-refractivity contribution in [2.75, 3.05) is 5.32 Å². The summed E-state index contributed by atoms with van der Waals surface area (Å²) in [6, 6.07) is 0.381. The Labute approximate surface area is 106 Å². The van der Waals surface area contributed by atoms with Crippen molar-refractivity contribution in [3.05, 3.63) is 29.7 Å². The summed E-state index contributed by atoms with van der Waals surface area (Å²) in [5.41, 5.74) is 2.13. The van der Waals surface area contributed by atoms with E-state index in [1.54, 1.807) is 10.8 Å². The zero-order chi connectivity index (χ0) is 12.5. The van der Waals surface area contributed by atoms with Gasteiger partial charge in [0.1, 0.15) is 12.1 Å². The first-order valence-corrected chi connectivity index (χ1v) is 6.36. The molecule has 0 amide bonds. The third-order valence-corrected chi connectivity index (χ3v) is 3.48. The van der Waals surface area contributed by atoms with E-state index in [0.29, 0.717) is 11.8 Å². The number of allylic oxidation sites excluding steroid dienone is 1. The van der Waals surface area contributed by atoms with Crippen LogP contribution in [-0.4, -0.2) is 25.6 Å². The van der Waals surface area contributed by atoms with E-state index in [0.717, 1.165) is 23.5 Å². The maximum absolute atomic E-state index is 4.42. The fourth-order valence-corrected chi connectivity index (χ4v) is 2.31. The van der Waals surface area contributed by atoms with Crippen LogP contribution in [0.25, 0.3) is 5.78 Å². The lowest BCUT2D eigenvalue weighted by molar-refractivity contribution is 0.667. The van der Waals surface area contributed by atoms with Crippen LogP contribution in [-0.2, 0) is 0 Å². The van der Waals surface area contributed by atoms with Crippen molar-refractivity contribution in [2.24, 2.45) is 0 Å². The zero-order valence-electron chi connectivity index (χ0n) is 10.7. The first kappa shape index (κ1) is 11.2. The molecule has 0 spiro atoms. The van der Waals surface area contributed by atoms with Gasteiger partial charge in [0.15, 0.2) is 0 Å². The van der Waals surface area contributed by atoms with Gasteiger partial charge >= 0.3 is 0 Å². The van der Waals surface area contributed by atoms with E-state index in [9.17, 15) is 0 Å². The Balaban J connectivity index is 2.03. The Hall–Kier alpha value is -1.91. The van der Waals surface area contributed by atoms with Gasteiger partial charge in [0.2, 0.25) is 0 Å². The van der Waals surface area contributed by atoms with E-state index in [1.807, 2.05) is 6.92 Å². The number of aromatic nitrogens is 4. The van der Waals surface area contributed by atoms with Crippen molar-refractivity contribution in [1.82, 2.24) is 19.6 Å². The van der Waals surface area contributed by atoms with E-state index in [2.05, 4.69) is 39.5 Å². The molecular formula is C13H17N5. The average Bonchev–Trinajstić information content (AvgIpc) is 2.84. The van der Waals surface area contributed by atoms with Gasteiger partial charge in [-0.1, -0.05) is 12.2 Å². The molecule has 94 valence electrons. The van der Waals surface area contributed by atoms with Crippen LogP contribution in [0.4, 0.5) is 5.82 Å². The largest absolute Gasteiger partial charge is 0.363 e. The summed E-state index contributed by atoms with van der Waals surface area (Å²) in [6.45, 7) is 4.07. The highest BCUT2D eigenvalue weighted by atomic mass is 15.4. The molecule has 2 heterocycles. The number of nitrogens with one attached hydrogen (secondary N) is 1. The molecule has 0 bridgehead atoms. The number of aryl methyl sites for hydroxylation is 1. The van der Waals surface area contributed by atoms with E-state index >= 15 is 0 Å². The van der Waals surface area contributed by atoms with Gasteiger partial charge in [-0.2, -0.15) is 14.6 Å².